The van der Waals surface area contributed by atoms with Crippen molar-refractivity contribution < 1.29 is 4.79 Å². The van der Waals surface area contributed by atoms with Crippen LogP contribution in [0.5, 0.6) is 0 Å². The molecule has 29 heavy (non-hydrogen) atoms. The first-order valence-corrected chi connectivity index (χ1v) is 10.5. The molecule has 0 spiro atoms. The summed E-state index contributed by atoms with van der Waals surface area (Å²) in [6, 6.07) is 14.7. The molecular formula is C22H17Cl2N3OS. The maximum absolute atomic E-state index is 13.5. The van der Waals surface area contributed by atoms with Gasteiger partial charge in [-0.3, -0.25) is 14.7 Å². The molecule has 0 aliphatic carbocycles. The molecule has 146 valence electrons. The Morgan fingerprint density at radius 3 is 2.69 bits per heavy atom. The number of halogens is 2. The molecule has 0 aliphatic rings. The van der Waals surface area contributed by atoms with Crippen molar-refractivity contribution in [1.29, 1.82) is 0 Å². The van der Waals surface area contributed by atoms with Gasteiger partial charge in [-0.1, -0.05) is 46.7 Å². The number of fused-ring (bicyclic) bond motifs is 1. The molecule has 0 saturated carbocycles. The van der Waals surface area contributed by atoms with Crippen LogP contribution in [0.3, 0.4) is 0 Å². The lowest BCUT2D eigenvalue weighted by Gasteiger charge is -2.20. The van der Waals surface area contributed by atoms with Gasteiger partial charge in [0.1, 0.15) is 0 Å². The zero-order valence-electron chi connectivity index (χ0n) is 15.8. The number of pyridine rings is 1. The van der Waals surface area contributed by atoms with Crippen LogP contribution < -0.4 is 4.90 Å². The average molecular weight is 442 g/mol. The fourth-order valence-electron chi connectivity index (χ4n) is 3.16. The topological polar surface area (TPSA) is 46.1 Å². The number of carbonyl (C=O) groups is 1. The number of nitrogens with zero attached hydrogens (tertiary/aromatic N) is 3. The van der Waals surface area contributed by atoms with Gasteiger partial charge in [-0.15, -0.1) is 0 Å². The first-order valence-electron chi connectivity index (χ1n) is 8.97. The number of anilines is 1. The molecule has 2 aromatic heterocycles. The zero-order valence-corrected chi connectivity index (χ0v) is 18.1. The van der Waals surface area contributed by atoms with E-state index in [-0.39, 0.29) is 12.5 Å². The molecule has 0 atom stereocenters. The van der Waals surface area contributed by atoms with Gasteiger partial charge in [0.2, 0.25) is 0 Å². The minimum Gasteiger partial charge on any atom is -0.278 e. The zero-order chi connectivity index (χ0) is 20.5. The smallest absolute Gasteiger partial charge is 0.262 e. The summed E-state index contributed by atoms with van der Waals surface area (Å²) in [6.07, 6.45) is 1.70. The number of aryl methyl sites for hydroxylation is 2. The van der Waals surface area contributed by atoms with Crippen LogP contribution in [0.15, 0.2) is 54.7 Å². The van der Waals surface area contributed by atoms with Crippen LogP contribution in [0.1, 0.15) is 27.2 Å². The summed E-state index contributed by atoms with van der Waals surface area (Å²) in [5, 5.41) is 1.39. The number of aromatic nitrogens is 2. The molecule has 4 nitrogen and oxygen atoms in total. The van der Waals surface area contributed by atoms with E-state index in [9.17, 15) is 4.79 Å². The van der Waals surface area contributed by atoms with Crippen molar-refractivity contribution in [3.8, 4) is 0 Å². The number of amides is 1. The van der Waals surface area contributed by atoms with E-state index in [4.69, 9.17) is 28.2 Å². The van der Waals surface area contributed by atoms with Gasteiger partial charge in [0.25, 0.3) is 5.91 Å². The van der Waals surface area contributed by atoms with Crippen molar-refractivity contribution in [1.82, 2.24) is 9.97 Å². The van der Waals surface area contributed by atoms with Crippen molar-refractivity contribution in [2.24, 2.45) is 0 Å². The molecule has 0 bridgehead atoms. The molecule has 2 aromatic carbocycles. The molecule has 0 N–H and O–H groups in total. The second kappa shape index (κ2) is 8.11. The van der Waals surface area contributed by atoms with E-state index < -0.39 is 0 Å². The van der Waals surface area contributed by atoms with E-state index in [0.29, 0.717) is 20.7 Å². The number of hydrogen-bond acceptors (Lipinski definition) is 4. The lowest BCUT2D eigenvalue weighted by molar-refractivity contribution is 0.0985. The van der Waals surface area contributed by atoms with Crippen LogP contribution in [-0.4, -0.2) is 15.9 Å². The fraction of sp³-hybridized carbons (Fsp3) is 0.136. The van der Waals surface area contributed by atoms with Crippen LogP contribution in [-0.2, 0) is 6.54 Å². The molecule has 0 aliphatic heterocycles. The van der Waals surface area contributed by atoms with Crippen LogP contribution >= 0.6 is 34.5 Å². The van der Waals surface area contributed by atoms with Crippen LogP contribution in [0.4, 0.5) is 5.13 Å². The number of hydrogen-bond donors (Lipinski definition) is 0. The van der Waals surface area contributed by atoms with Gasteiger partial charge in [-0.25, -0.2) is 4.98 Å². The Labute approximate surface area is 182 Å². The van der Waals surface area contributed by atoms with Gasteiger partial charge in [0.05, 0.1) is 33.0 Å². The molecule has 4 aromatic rings. The molecule has 0 fully saturated rings. The van der Waals surface area contributed by atoms with Crippen molar-refractivity contribution in [3.63, 3.8) is 0 Å². The predicted octanol–water partition coefficient (Wildman–Crippen LogP) is 6.46. The lowest BCUT2D eigenvalue weighted by Crippen LogP contribution is -2.31. The molecular weight excluding hydrogens is 425 g/mol. The van der Waals surface area contributed by atoms with Crippen LogP contribution in [0.25, 0.3) is 10.2 Å². The number of rotatable bonds is 4. The van der Waals surface area contributed by atoms with E-state index in [1.54, 1.807) is 29.3 Å². The summed E-state index contributed by atoms with van der Waals surface area (Å²) in [6.45, 7) is 4.35. The first kappa shape index (κ1) is 19.8. The summed E-state index contributed by atoms with van der Waals surface area (Å²) in [5.41, 5.74) is 4.22. The highest BCUT2D eigenvalue weighted by Gasteiger charge is 2.24. The third-order valence-electron chi connectivity index (χ3n) is 4.50. The summed E-state index contributed by atoms with van der Waals surface area (Å²) < 4.78 is 1.04. The van der Waals surface area contributed by atoms with E-state index >= 15 is 0 Å². The van der Waals surface area contributed by atoms with Crippen molar-refractivity contribution in [2.45, 2.75) is 20.4 Å². The van der Waals surface area contributed by atoms with Gasteiger partial charge >= 0.3 is 0 Å². The van der Waals surface area contributed by atoms with Crippen LogP contribution in [0.2, 0.25) is 10.0 Å². The summed E-state index contributed by atoms with van der Waals surface area (Å²) in [7, 11) is 0. The first-order chi connectivity index (χ1) is 13.9. The standard InChI is InChI=1S/C22H17Cl2N3OS/c1-13-9-14(2)20-19(10-13)29-22(26-20)27(12-16-5-3-4-8-25-16)21(28)17-11-15(23)6-7-18(17)24/h3-11H,12H2,1-2H3. The Bertz CT molecular complexity index is 1210. The van der Waals surface area contributed by atoms with Crippen molar-refractivity contribution >= 4 is 55.8 Å². The summed E-state index contributed by atoms with van der Waals surface area (Å²) >= 11 is 13.9. The third-order valence-corrected chi connectivity index (χ3v) is 6.09. The number of thiazole rings is 1. The highest BCUT2D eigenvalue weighted by atomic mass is 35.5. The van der Waals surface area contributed by atoms with Crippen molar-refractivity contribution in [3.05, 3.63) is 87.2 Å². The van der Waals surface area contributed by atoms with E-state index in [1.807, 2.05) is 32.0 Å². The Hall–Kier alpha value is -2.47. The van der Waals surface area contributed by atoms with Gasteiger partial charge in [-0.2, -0.15) is 0 Å². The maximum Gasteiger partial charge on any atom is 0.262 e. The maximum atomic E-state index is 13.5. The molecule has 0 saturated heterocycles. The molecule has 0 unspecified atom stereocenters. The Morgan fingerprint density at radius 1 is 1.10 bits per heavy atom. The second-order valence-electron chi connectivity index (χ2n) is 6.76. The Kier molecular flexibility index (Phi) is 5.54. The van der Waals surface area contributed by atoms with Crippen LogP contribution in [0, 0.1) is 13.8 Å². The molecule has 4 rings (SSSR count). The lowest BCUT2D eigenvalue weighted by atomic mass is 10.1. The Balaban J connectivity index is 1.83. The minimum absolute atomic E-state index is 0.267. The molecule has 0 radical (unpaired) electrons. The summed E-state index contributed by atoms with van der Waals surface area (Å²) in [4.78, 5) is 24.2. The van der Waals surface area contributed by atoms with E-state index in [1.165, 1.54) is 11.3 Å². The van der Waals surface area contributed by atoms with Gasteiger partial charge in [0, 0.05) is 11.2 Å². The number of carbonyl (C=O) groups excluding carboxylic acids is 1. The Morgan fingerprint density at radius 2 is 1.93 bits per heavy atom. The fourth-order valence-corrected chi connectivity index (χ4v) is 4.67. The van der Waals surface area contributed by atoms with E-state index in [0.717, 1.165) is 27.0 Å². The largest absolute Gasteiger partial charge is 0.278 e. The van der Waals surface area contributed by atoms with Gasteiger partial charge in [-0.05, 0) is 61.4 Å². The molecule has 1 amide bonds. The normalized spacial score (nSPS) is 11.0. The van der Waals surface area contributed by atoms with Gasteiger partial charge in [0.15, 0.2) is 5.13 Å². The SMILES string of the molecule is Cc1cc(C)c2nc(N(Cc3ccccn3)C(=O)c3cc(Cl)ccc3Cl)sc2c1. The molecule has 2 heterocycles. The molecule has 7 heteroatoms. The summed E-state index contributed by atoms with van der Waals surface area (Å²) in [5.74, 6) is -0.267. The third kappa shape index (κ3) is 4.13. The highest BCUT2D eigenvalue weighted by molar-refractivity contribution is 7.22. The highest BCUT2D eigenvalue weighted by Crippen LogP contribution is 2.34. The predicted molar refractivity (Wildman–Crippen MR) is 120 cm³/mol. The van der Waals surface area contributed by atoms with Gasteiger partial charge < -0.3 is 0 Å². The number of benzene rings is 2. The average Bonchev–Trinajstić information content (AvgIpc) is 3.12. The quantitative estimate of drug-likeness (QED) is 0.364. The monoisotopic (exact) mass is 441 g/mol. The van der Waals surface area contributed by atoms with E-state index in [2.05, 4.69) is 17.1 Å². The minimum atomic E-state index is -0.267. The van der Waals surface area contributed by atoms with Crippen molar-refractivity contribution in [2.75, 3.05) is 4.90 Å². The second-order valence-corrected chi connectivity index (χ2v) is 8.61.